The van der Waals surface area contributed by atoms with E-state index in [1.54, 1.807) is 12.1 Å². The van der Waals surface area contributed by atoms with Crippen molar-refractivity contribution >= 4 is 11.7 Å². The summed E-state index contributed by atoms with van der Waals surface area (Å²) in [6.45, 7) is 1.77. The van der Waals surface area contributed by atoms with E-state index in [2.05, 4.69) is 10.4 Å². The van der Waals surface area contributed by atoms with Crippen molar-refractivity contribution in [3.8, 4) is 0 Å². The van der Waals surface area contributed by atoms with Crippen molar-refractivity contribution in [2.24, 2.45) is 17.7 Å². The Morgan fingerprint density at radius 1 is 1.26 bits per heavy atom. The molecule has 19 heavy (non-hydrogen) atoms. The fourth-order valence-electron chi connectivity index (χ4n) is 2.26. The number of carbonyl (C=O) groups is 1. The molecule has 2 saturated carbocycles. The summed E-state index contributed by atoms with van der Waals surface area (Å²) in [5.74, 6) is 7.32. The molecule has 1 aromatic heterocycles. The van der Waals surface area contributed by atoms with E-state index in [9.17, 15) is 4.79 Å². The summed E-state index contributed by atoms with van der Waals surface area (Å²) >= 11 is 0. The highest BCUT2D eigenvalue weighted by Crippen LogP contribution is 2.34. The van der Waals surface area contributed by atoms with Crippen molar-refractivity contribution in [1.29, 1.82) is 0 Å². The first-order valence-corrected chi connectivity index (χ1v) is 6.99. The van der Waals surface area contributed by atoms with E-state index in [1.165, 1.54) is 25.7 Å². The molecule has 1 aromatic rings. The Hall–Kier alpha value is -1.62. The summed E-state index contributed by atoms with van der Waals surface area (Å²) in [4.78, 5) is 18.8. The number of rotatable bonds is 6. The molecule has 0 saturated heterocycles. The van der Waals surface area contributed by atoms with Crippen LogP contribution in [0.4, 0.5) is 5.82 Å². The molecule has 0 unspecified atom stereocenters. The van der Waals surface area contributed by atoms with Gasteiger partial charge in [-0.25, -0.2) is 10.8 Å². The second-order valence-corrected chi connectivity index (χ2v) is 5.65. The second kappa shape index (κ2) is 5.17. The van der Waals surface area contributed by atoms with Gasteiger partial charge in [-0.2, -0.15) is 0 Å². The molecule has 2 aliphatic rings. The van der Waals surface area contributed by atoms with Crippen molar-refractivity contribution in [1.82, 2.24) is 9.88 Å². The fourth-order valence-corrected chi connectivity index (χ4v) is 2.26. The van der Waals surface area contributed by atoms with Crippen molar-refractivity contribution in [2.45, 2.75) is 25.7 Å². The molecule has 3 N–H and O–H groups in total. The standard InChI is InChI=1S/C14H20N4O/c15-17-13-3-1-2-12(16-13)14(19)18(8-10-4-5-10)9-11-6-7-11/h1-3,10-11H,4-9,15H2,(H,16,17). The van der Waals surface area contributed by atoms with Crippen molar-refractivity contribution in [3.05, 3.63) is 23.9 Å². The van der Waals surface area contributed by atoms with Crippen LogP contribution in [0.15, 0.2) is 18.2 Å². The van der Waals surface area contributed by atoms with Crippen LogP contribution >= 0.6 is 0 Å². The summed E-state index contributed by atoms with van der Waals surface area (Å²) in [6, 6.07) is 5.32. The van der Waals surface area contributed by atoms with Crippen LogP contribution in [-0.4, -0.2) is 28.9 Å². The van der Waals surface area contributed by atoms with E-state index in [0.29, 0.717) is 23.3 Å². The molecule has 102 valence electrons. The number of amides is 1. The predicted molar refractivity (Wildman–Crippen MR) is 73.4 cm³/mol. The topological polar surface area (TPSA) is 71.2 Å². The number of nitrogens with one attached hydrogen (secondary N) is 1. The zero-order valence-corrected chi connectivity index (χ0v) is 11.0. The molecule has 5 nitrogen and oxygen atoms in total. The van der Waals surface area contributed by atoms with Crippen LogP contribution in [0.1, 0.15) is 36.2 Å². The Labute approximate surface area is 113 Å². The minimum Gasteiger partial charge on any atom is -0.337 e. The molecule has 2 fully saturated rings. The largest absolute Gasteiger partial charge is 0.337 e. The summed E-state index contributed by atoms with van der Waals surface area (Å²) < 4.78 is 0. The van der Waals surface area contributed by atoms with E-state index in [-0.39, 0.29) is 5.91 Å². The zero-order valence-electron chi connectivity index (χ0n) is 11.0. The molecule has 1 heterocycles. The lowest BCUT2D eigenvalue weighted by Crippen LogP contribution is -2.35. The number of aromatic nitrogens is 1. The molecular formula is C14H20N4O. The van der Waals surface area contributed by atoms with Gasteiger partial charge in [0.2, 0.25) is 0 Å². The zero-order chi connectivity index (χ0) is 13.2. The highest BCUT2D eigenvalue weighted by atomic mass is 16.2. The fraction of sp³-hybridized carbons (Fsp3) is 0.571. The average Bonchev–Trinajstić information content (AvgIpc) is 3.32. The van der Waals surface area contributed by atoms with E-state index in [4.69, 9.17) is 5.84 Å². The minimum absolute atomic E-state index is 0.0379. The van der Waals surface area contributed by atoms with Crippen LogP contribution in [0.5, 0.6) is 0 Å². The maximum atomic E-state index is 12.5. The molecule has 0 spiro atoms. The van der Waals surface area contributed by atoms with Crippen LogP contribution in [0, 0.1) is 11.8 Å². The van der Waals surface area contributed by atoms with Crippen molar-refractivity contribution in [2.75, 3.05) is 18.5 Å². The lowest BCUT2D eigenvalue weighted by atomic mass is 10.2. The predicted octanol–water partition coefficient (Wildman–Crippen LogP) is 1.63. The molecule has 0 aromatic carbocycles. The van der Waals surface area contributed by atoms with Gasteiger partial charge in [0.25, 0.3) is 5.91 Å². The van der Waals surface area contributed by atoms with Crippen LogP contribution in [-0.2, 0) is 0 Å². The Morgan fingerprint density at radius 3 is 2.42 bits per heavy atom. The Morgan fingerprint density at radius 2 is 1.89 bits per heavy atom. The lowest BCUT2D eigenvalue weighted by molar-refractivity contribution is 0.0734. The van der Waals surface area contributed by atoms with Gasteiger partial charge in [0.05, 0.1) is 0 Å². The first kappa shape index (κ1) is 12.4. The number of hydrogen-bond acceptors (Lipinski definition) is 4. The second-order valence-electron chi connectivity index (χ2n) is 5.65. The number of nitrogen functional groups attached to an aromatic ring is 1. The monoisotopic (exact) mass is 260 g/mol. The van der Waals surface area contributed by atoms with Gasteiger partial charge in [-0.3, -0.25) is 4.79 Å². The lowest BCUT2D eigenvalue weighted by Gasteiger charge is -2.22. The van der Waals surface area contributed by atoms with Crippen LogP contribution < -0.4 is 11.3 Å². The van der Waals surface area contributed by atoms with Crippen LogP contribution in [0.2, 0.25) is 0 Å². The smallest absolute Gasteiger partial charge is 0.272 e. The van der Waals surface area contributed by atoms with Gasteiger partial charge < -0.3 is 10.3 Å². The summed E-state index contributed by atoms with van der Waals surface area (Å²) in [5, 5.41) is 0. The molecule has 0 bridgehead atoms. The van der Waals surface area contributed by atoms with Gasteiger partial charge in [0.1, 0.15) is 11.5 Å². The molecule has 0 atom stereocenters. The molecule has 0 aliphatic heterocycles. The molecule has 1 amide bonds. The highest BCUT2D eigenvalue weighted by Gasteiger charge is 2.32. The van der Waals surface area contributed by atoms with Gasteiger partial charge in [-0.1, -0.05) is 6.07 Å². The number of nitrogens with zero attached hydrogens (tertiary/aromatic N) is 2. The van der Waals surface area contributed by atoms with E-state index in [0.717, 1.165) is 13.1 Å². The van der Waals surface area contributed by atoms with E-state index >= 15 is 0 Å². The number of nitrogens with two attached hydrogens (primary N) is 1. The number of anilines is 1. The Kier molecular flexibility index (Phi) is 3.38. The summed E-state index contributed by atoms with van der Waals surface area (Å²) in [7, 11) is 0. The van der Waals surface area contributed by atoms with Gasteiger partial charge in [-0.05, 0) is 49.7 Å². The number of hydrazine groups is 1. The SMILES string of the molecule is NNc1cccc(C(=O)N(CC2CC2)CC2CC2)n1. The molecule has 3 rings (SSSR count). The Balaban J connectivity index is 1.72. The average molecular weight is 260 g/mol. The number of pyridine rings is 1. The first-order valence-electron chi connectivity index (χ1n) is 6.99. The van der Waals surface area contributed by atoms with Gasteiger partial charge in [0, 0.05) is 13.1 Å². The quantitative estimate of drug-likeness (QED) is 0.602. The normalized spacial score (nSPS) is 18.2. The third kappa shape index (κ3) is 3.23. The summed E-state index contributed by atoms with van der Waals surface area (Å²) in [5.41, 5.74) is 2.97. The Bertz CT molecular complexity index is 454. The van der Waals surface area contributed by atoms with Crippen LogP contribution in [0.3, 0.4) is 0 Å². The van der Waals surface area contributed by atoms with Crippen molar-refractivity contribution in [3.63, 3.8) is 0 Å². The summed E-state index contributed by atoms with van der Waals surface area (Å²) in [6.07, 6.45) is 5.02. The molecular weight excluding hydrogens is 240 g/mol. The van der Waals surface area contributed by atoms with E-state index in [1.807, 2.05) is 11.0 Å². The minimum atomic E-state index is 0.0379. The third-order valence-electron chi connectivity index (χ3n) is 3.75. The third-order valence-corrected chi connectivity index (χ3v) is 3.75. The van der Waals surface area contributed by atoms with Gasteiger partial charge >= 0.3 is 0 Å². The molecule has 0 radical (unpaired) electrons. The number of hydrogen-bond donors (Lipinski definition) is 2. The molecule has 5 heteroatoms. The number of carbonyl (C=O) groups excluding carboxylic acids is 1. The maximum Gasteiger partial charge on any atom is 0.272 e. The first-order chi connectivity index (χ1) is 9.26. The van der Waals surface area contributed by atoms with Crippen molar-refractivity contribution < 1.29 is 4.79 Å². The maximum absolute atomic E-state index is 12.5. The van der Waals surface area contributed by atoms with Crippen LogP contribution in [0.25, 0.3) is 0 Å². The van der Waals surface area contributed by atoms with Gasteiger partial charge in [0.15, 0.2) is 0 Å². The molecule has 2 aliphatic carbocycles. The van der Waals surface area contributed by atoms with E-state index < -0.39 is 0 Å². The van der Waals surface area contributed by atoms with Gasteiger partial charge in [-0.15, -0.1) is 0 Å². The highest BCUT2D eigenvalue weighted by molar-refractivity contribution is 5.92.